The summed E-state index contributed by atoms with van der Waals surface area (Å²) in [6.45, 7) is 0. The van der Waals surface area contributed by atoms with Gasteiger partial charge in [-0.3, -0.25) is 9.71 Å². The molecule has 0 amide bonds. The van der Waals surface area contributed by atoms with Crippen molar-refractivity contribution < 1.29 is 8.42 Å². The van der Waals surface area contributed by atoms with Crippen LogP contribution in [0, 0.1) is 0 Å². The number of anilines is 1. The van der Waals surface area contributed by atoms with Crippen molar-refractivity contribution in [3.8, 4) is 0 Å². The van der Waals surface area contributed by atoms with Gasteiger partial charge in [-0.1, -0.05) is 45.5 Å². The van der Waals surface area contributed by atoms with Crippen LogP contribution < -0.4 is 4.72 Å². The summed E-state index contributed by atoms with van der Waals surface area (Å²) in [5.41, 5.74) is 1.19. The molecule has 5 nitrogen and oxygen atoms in total. The molecule has 0 saturated carbocycles. The number of fused-ring (bicyclic) bond motifs is 2. The van der Waals surface area contributed by atoms with Crippen molar-refractivity contribution in [3.05, 3.63) is 59.2 Å². The molecule has 2 aromatic heterocycles. The largest absolute Gasteiger partial charge is 0.265 e. The highest BCUT2D eigenvalue weighted by Crippen LogP contribution is 2.30. The molecule has 2 aromatic carbocycles. The summed E-state index contributed by atoms with van der Waals surface area (Å²) in [5.74, 6) is 0. The minimum atomic E-state index is -3.77. The van der Waals surface area contributed by atoms with Gasteiger partial charge >= 0.3 is 0 Å². The van der Waals surface area contributed by atoms with Crippen LogP contribution in [-0.4, -0.2) is 18.4 Å². The van der Waals surface area contributed by atoms with E-state index in [0.717, 1.165) is 20.1 Å². The quantitative estimate of drug-likeness (QED) is 0.533. The minimum absolute atomic E-state index is 0.140. The Labute approximate surface area is 150 Å². The second-order valence-electron chi connectivity index (χ2n) is 5.07. The third-order valence-electron chi connectivity index (χ3n) is 3.46. The molecule has 2 heterocycles. The average molecular weight is 420 g/mol. The maximum Gasteiger partial charge on any atom is 0.265 e. The number of rotatable bonds is 3. The van der Waals surface area contributed by atoms with Crippen molar-refractivity contribution in [3.63, 3.8) is 0 Å². The zero-order valence-electron chi connectivity index (χ0n) is 12.1. The number of aromatic nitrogens is 2. The first-order valence-corrected chi connectivity index (χ1v) is 10.0. The lowest BCUT2D eigenvalue weighted by Gasteiger charge is -2.07. The van der Waals surface area contributed by atoms with Crippen LogP contribution in [0.1, 0.15) is 0 Å². The highest BCUT2D eigenvalue weighted by atomic mass is 79.9. The van der Waals surface area contributed by atoms with Gasteiger partial charge in [0.2, 0.25) is 0 Å². The van der Waals surface area contributed by atoms with E-state index in [1.165, 1.54) is 11.3 Å². The van der Waals surface area contributed by atoms with E-state index in [4.69, 9.17) is 0 Å². The third kappa shape index (κ3) is 2.77. The molecule has 0 saturated heterocycles. The smallest absolute Gasteiger partial charge is 0.255 e. The molecular formula is C16H10BrN3O2S2. The molecule has 120 valence electrons. The zero-order valence-corrected chi connectivity index (χ0v) is 15.3. The molecule has 24 heavy (non-hydrogen) atoms. The van der Waals surface area contributed by atoms with E-state index >= 15 is 0 Å². The number of nitrogens with zero attached hydrogens (tertiary/aromatic N) is 2. The van der Waals surface area contributed by atoms with E-state index in [2.05, 4.69) is 30.6 Å². The van der Waals surface area contributed by atoms with Crippen LogP contribution in [0.2, 0.25) is 0 Å². The summed E-state index contributed by atoms with van der Waals surface area (Å²) in [7, 11) is -3.77. The molecule has 0 bridgehead atoms. The van der Waals surface area contributed by atoms with Gasteiger partial charge in [-0.15, -0.1) is 0 Å². The molecule has 1 N–H and O–H groups in total. The van der Waals surface area contributed by atoms with Crippen molar-refractivity contribution in [2.45, 2.75) is 4.90 Å². The maximum absolute atomic E-state index is 12.8. The Morgan fingerprint density at radius 1 is 1.08 bits per heavy atom. The summed E-state index contributed by atoms with van der Waals surface area (Å²) in [6, 6.07) is 14.3. The number of thiazole rings is 1. The molecule has 0 radical (unpaired) electrons. The van der Waals surface area contributed by atoms with Crippen LogP contribution in [-0.2, 0) is 10.0 Å². The highest BCUT2D eigenvalue weighted by molar-refractivity contribution is 9.10. The van der Waals surface area contributed by atoms with E-state index in [9.17, 15) is 8.42 Å². The van der Waals surface area contributed by atoms with Crippen molar-refractivity contribution in [2.24, 2.45) is 0 Å². The molecule has 4 rings (SSSR count). The molecule has 4 aromatic rings. The van der Waals surface area contributed by atoms with E-state index < -0.39 is 10.0 Å². The highest BCUT2D eigenvalue weighted by Gasteiger charge is 2.20. The van der Waals surface area contributed by atoms with Crippen LogP contribution in [0.5, 0.6) is 0 Å². The fraction of sp³-hybridized carbons (Fsp3) is 0. The first-order chi connectivity index (χ1) is 11.5. The summed E-state index contributed by atoms with van der Waals surface area (Å²) in [6.07, 6.45) is 1.58. The molecule has 0 aliphatic carbocycles. The summed E-state index contributed by atoms with van der Waals surface area (Å²) in [4.78, 5) is 8.67. The van der Waals surface area contributed by atoms with Gasteiger partial charge < -0.3 is 0 Å². The fourth-order valence-corrected chi connectivity index (χ4v) is 5.24. The molecular weight excluding hydrogens is 410 g/mol. The third-order valence-corrected chi connectivity index (χ3v) is 6.38. The van der Waals surface area contributed by atoms with Crippen LogP contribution >= 0.6 is 27.3 Å². The van der Waals surface area contributed by atoms with Gasteiger partial charge in [-0.05, 0) is 30.3 Å². The molecule has 0 fully saturated rings. The van der Waals surface area contributed by atoms with Gasteiger partial charge in [0, 0.05) is 16.1 Å². The number of benzene rings is 2. The Morgan fingerprint density at radius 2 is 1.92 bits per heavy atom. The molecule has 0 atom stereocenters. The standard InChI is InChI=1S/C16H10BrN3O2S2/c17-11-6-7-12-13(9-11)23-16(19-12)20-24(21,22)14-5-1-3-10-4-2-8-18-15(10)14/h1-9H,(H,19,20). The average Bonchev–Trinajstić information content (AvgIpc) is 2.94. The summed E-state index contributed by atoms with van der Waals surface area (Å²) >= 11 is 4.69. The predicted molar refractivity (Wildman–Crippen MR) is 99.9 cm³/mol. The monoisotopic (exact) mass is 419 g/mol. The number of hydrogen-bond donors (Lipinski definition) is 1. The Morgan fingerprint density at radius 3 is 2.79 bits per heavy atom. The first kappa shape index (κ1) is 15.5. The number of hydrogen-bond acceptors (Lipinski definition) is 5. The van der Waals surface area contributed by atoms with E-state index in [1.54, 1.807) is 24.4 Å². The first-order valence-electron chi connectivity index (χ1n) is 6.96. The van der Waals surface area contributed by atoms with Crippen LogP contribution in [0.4, 0.5) is 5.13 Å². The molecule has 0 aliphatic rings. The second kappa shape index (κ2) is 5.80. The van der Waals surface area contributed by atoms with Gasteiger partial charge in [-0.2, -0.15) is 0 Å². The molecule has 8 heteroatoms. The summed E-state index contributed by atoms with van der Waals surface area (Å²) < 4.78 is 29.9. The van der Waals surface area contributed by atoms with Gasteiger partial charge in [0.25, 0.3) is 10.0 Å². The SMILES string of the molecule is O=S(=O)(Nc1nc2ccc(Br)cc2s1)c1cccc2cccnc12. The van der Waals surface area contributed by atoms with Crippen LogP contribution in [0.15, 0.2) is 64.1 Å². The maximum atomic E-state index is 12.8. The molecule has 0 unspecified atom stereocenters. The lowest BCUT2D eigenvalue weighted by atomic mass is 10.2. The van der Waals surface area contributed by atoms with Crippen molar-refractivity contribution in [1.29, 1.82) is 0 Å². The van der Waals surface area contributed by atoms with Crippen molar-refractivity contribution >= 4 is 63.5 Å². The number of halogens is 1. The zero-order chi connectivity index (χ0) is 16.7. The van der Waals surface area contributed by atoms with Crippen molar-refractivity contribution in [1.82, 2.24) is 9.97 Å². The van der Waals surface area contributed by atoms with Crippen molar-refractivity contribution in [2.75, 3.05) is 4.72 Å². The summed E-state index contributed by atoms with van der Waals surface area (Å²) in [5, 5.41) is 1.10. The Bertz CT molecular complexity index is 1170. The van der Waals surface area contributed by atoms with Gasteiger partial charge in [0.05, 0.1) is 15.7 Å². The van der Waals surface area contributed by atoms with E-state index in [1.807, 2.05) is 30.3 Å². The second-order valence-corrected chi connectivity index (χ2v) is 8.66. The lowest BCUT2D eigenvalue weighted by molar-refractivity contribution is 0.602. The number of sulfonamides is 1. The Balaban J connectivity index is 1.79. The predicted octanol–water partition coefficient (Wildman–Crippen LogP) is 4.41. The van der Waals surface area contributed by atoms with Gasteiger partial charge in [-0.25, -0.2) is 13.4 Å². The Hall–Kier alpha value is -2.03. The lowest BCUT2D eigenvalue weighted by Crippen LogP contribution is -2.13. The van der Waals surface area contributed by atoms with Gasteiger partial charge in [0.1, 0.15) is 4.90 Å². The fourth-order valence-electron chi connectivity index (χ4n) is 2.41. The van der Waals surface area contributed by atoms with Crippen LogP contribution in [0.25, 0.3) is 21.1 Å². The normalized spacial score (nSPS) is 11.9. The van der Waals surface area contributed by atoms with Crippen LogP contribution in [0.3, 0.4) is 0 Å². The minimum Gasteiger partial charge on any atom is -0.255 e. The number of pyridine rings is 1. The number of para-hydroxylation sites is 1. The molecule has 0 aliphatic heterocycles. The van der Waals surface area contributed by atoms with E-state index in [0.29, 0.717) is 10.6 Å². The van der Waals surface area contributed by atoms with Gasteiger partial charge in [0.15, 0.2) is 5.13 Å². The topological polar surface area (TPSA) is 72.0 Å². The molecule has 0 spiro atoms. The Kier molecular flexibility index (Phi) is 3.75. The van der Waals surface area contributed by atoms with E-state index in [-0.39, 0.29) is 4.90 Å². The number of nitrogens with one attached hydrogen (secondary N) is 1.